The number of aromatic nitrogens is 2. The Kier molecular flexibility index (Phi) is 5.44. The summed E-state index contributed by atoms with van der Waals surface area (Å²) in [6.45, 7) is 4.38. The SMILES string of the molecule is CN1CCCCC1.Cc1c(Cl)nnc(N)c1N. The highest BCUT2D eigenvalue weighted by atomic mass is 35.5. The van der Waals surface area contributed by atoms with Gasteiger partial charge in [0.1, 0.15) is 0 Å². The molecule has 5 nitrogen and oxygen atoms in total. The summed E-state index contributed by atoms with van der Waals surface area (Å²) in [5.74, 6) is 0.224. The first-order valence-electron chi connectivity index (χ1n) is 5.74. The lowest BCUT2D eigenvalue weighted by atomic mass is 10.1. The summed E-state index contributed by atoms with van der Waals surface area (Å²) in [5.41, 5.74) is 11.9. The fraction of sp³-hybridized carbons (Fsp3) is 0.636. The maximum atomic E-state index is 5.58. The predicted octanol–water partition coefficient (Wildman–Crippen LogP) is 1.70. The third kappa shape index (κ3) is 4.36. The Labute approximate surface area is 107 Å². The fourth-order valence-electron chi connectivity index (χ4n) is 1.58. The van der Waals surface area contributed by atoms with Crippen molar-refractivity contribution in [3.8, 4) is 0 Å². The molecule has 0 aliphatic carbocycles. The van der Waals surface area contributed by atoms with Gasteiger partial charge in [0, 0.05) is 5.56 Å². The van der Waals surface area contributed by atoms with Gasteiger partial charge in [0.25, 0.3) is 0 Å². The van der Waals surface area contributed by atoms with E-state index in [2.05, 4.69) is 22.1 Å². The highest BCUT2D eigenvalue weighted by Gasteiger charge is 2.04. The van der Waals surface area contributed by atoms with E-state index in [0.717, 1.165) is 0 Å². The number of nitrogens with zero attached hydrogens (tertiary/aromatic N) is 3. The summed E-state index contributed by atoms with van der Waals surface area (Å²) < 4.78 is 0. The van der Waals surface area contributed by atoms with Crippen molar-refractivity contribution in [2.24, 2.45) is 0 Å². The lowest BCUT2D eigenvalue weighted by Gasteiger charge is -2.20. The molecule has 0 unspecified atom stereocenters. The molecule has 1 aromatic rings. The molecule has 1 saturated heterocycles. The van der Waals surface area contributed by atoms with Gasteiger partial charge in [-0.25, -0.2) is 0 Å². The zero-order chi connectivity index (χ0) is 12.8. The van der Waals surface area contributed by atoms with Crippen LogP contribution < -0.4 is 11.5 Å². The largest absolute Gasteiger partial charge is 0.395 e. The molecule has 1 fully saturated rings. The van der Waals surface area contributed by atoms with Gasteiger partial charge >= 0.3 is 0 Å². The normalized spacial score (nSPS) is 16.2. The van der Waals surface area contributed by atoms with Gasteiger partial charge in [0.15, 0.2) is 11.0 Å². The van der Waals surface area contributed by atoms with Crippen LogP contribution in [0, 0.1) is 6.92 Å². The van der Waals surface area contributed by atoms with Gasteiger partial charge in [0.2, 0.25) is 0 Å². The minimum Gasteiger partial charge on any atom is -0.395 e. The topological polar surface area (TPSA) is 81.1 Å². The van der Waals surface area contributed by atoms with E-state index in [1.54, 1.807) is 6.92 Å². The van der Waals surface area contributed by atoms with Gasteiger partial charge in [-0.3, -0.25) is 0 Å². The van der Waals surface area contributed by atoms with Crippen LogP contribution >= 0.6 is 11.6 Å². The van der Waals surface area contributed by atoms with E-state index >= 15 is 0 Å². The van der Waals surface area contributed by atoms with Gasteiger partial charge in [-0.15, -0.1) is 10.2 Å². The summed E-state index contributed by atoms with van der Waals surface area (Å²) in [7, 11) is 2.19. The van der Waals surface area contributed by atoms with Crippen LogP contribution in [0.15, 0.2) is 0 Å². The third-order valence-electron chi connectivity index (χ3n) is 2.81. The van der Waals surface area contributed by atoms with Crippen molar-refractivity contribution < 1.29 is 0 Å². The monoisotopic (exact) mass is 257 g/mol. The van der Waals surface area contributed by atoms with Crippen molar-refractivity contribution in [2.75, 3.05) is 31.6 Å². The van der Waals surface area contributed by atoms with E-state index in [1.165, 1.54) is 32.4 Å². The van der Waals surface area contributed by atoms with Crippen LogP contribution in [0.25, 0.3) is 0 Å². The second kappa shape index (κ2) is 6.61. The number of rotatable bonds is 0. The van der Waals surface area contributed by atoms with Crippen LogP contribution in [-0.4, -0.2) is 35.2 Å². The smallest absolute Gasteiger partial charge is 0.169 e. The number of hydrogen-bond donors (Lipinski definition) is 2. The molecule has 1 aliphatic rings. The number of piperidine rings is 1. The molecule has 2 heterocycles. The Morgan fingerprint density at radius 1 is 1.12 bits per heavy atom. The summed E-state index contributed by atoms with van der Waals surface area (Å²) in [6, 6.07) is 0. The van der Waals surface area contributed by atoms with Crippen molar-refractivity contribution in [3.05, 3.63) is 10.7 Å². The van der Waals surface area contributed by atoms with Crippen molar-refractivity contribution in [1.29, 1.82) is 0 Å². The van der Waals surface area contributed by atoms with Crippen molar-refractivity contribution >= 4 is 23.1 Å². The minimum atomic E-state index is 0.224. The molecule has 0 bridgehead atoms. The first-order valence-corrected chi connectivity index (χ1v) is 6.12. The fourth-order valence-corrected chi connectivity index (χ4v) is 1.72. The highest BCUT2D eigenvalue weighted by Crippen LogP contribution is 2.20. The Morgan fingerprint density at radius 3 is 2.12 bits per heavy atom. The maximum absolute atomic E-state index is 5.58. The van der Waals surface area contributed by atoms with E-state index in [9.17, 15) is 0 Å². The molecule has 1 aromatic heterocycles. The van der Waals surface area contributed by atoms with Gasteiger partial charge in [0.05, 0.1) is 5.69 Å². The molecule has 0 aromatic carbocycles. The Balaban J connectivity index is 0.000000181. The molecule has 0 radical (unpaired) electrons. The molecule has 96 valence electrons. The molecule has 4 N–H and O–H groups in total. The molecule has 0 atom stereocenters. The van der Waals surface area contributed by atoms with Gasteiger partial charge in [-0.05, 0) is 39.9 Å². The van der Waals surface area contributed by atoms with Crippen molar-refractivity contribution in [2.45, 2.75) is 26.2 Å². The molecule has 0 saturated carbocycles. The van der Waals surface area contributed by atoms with Crippen LogP contribution in [0.2, 0.25) is 5.15 Å². The minimum absolute atomic E-state index is 0.224. The van der Waals surface area contributed by atoms with E-state index in [1.807, 2.05) is 0 Å². The maximum Gasteiger partial charge on any atom is 0.169 e. The zero-order valence-corrected chi connectivity index (χ0v) is 11.2. The standard InChI is InChI=1S/C6H13N.C5H7ClN4/c1-7-5-3-2-4-6-7;1-2-3(7)5(8)10-9-4(2)6/h2-6H2,1H3;1H3,(H2,7,9)(H2,8,10). The second-order valence-electron chi connectivity index (χ2n) is 4.28. The van der Waals surface area contributed by atoms with Crippen LogP contribution in [0.3, 0.4) is 0 Å². The first kappa shape index (κ1) is 14.0. The lowest BCUT2D eigenvalue weighted by molar-refractivity contribution is 0.277. The molecular formula is C11H20ClN5. The van der Waals surface area contributed by atoms with E-state index < -0.39 is 0 Å². The van der Waals surface area contributed by atoms with Crippen molar-refractivity contribution in [1.82, 2.24) is 15.1 Å². The van der Waals surface area contributed by atoms with Gasteiger partial charge in [-0.2, -0.15) is 0 Å². The van der Waals surface area contributed by atoms with E-state index in [0.29, 0.717) is 16.4 Å². The number of halogens is 1. The van der Waals surface area contributed by atoms with E-state index in [4.69, 9.17) is 23.1 Å². The average Bonchev–Trinajstić information content (AvgIpc) is 2.33. The molecular weight excluding hydrogens is 238 g/mol. The molecule has 17 heavy (non-hydrogen) atoms. The number of hydrogen-bond acceptors (Lipinski definition) is 5. The Hall–Kier alpha value is -1.07. The lowest BCUT2D eigenvalue weighted by Crippen LogP contribution is -2.24. The molecule has 1 aliphatic heterocycles. The van der Waals surface area contributed by atoms with Gasteiger partial charge in [-0.1, -0.05) is 18.0 Å². The number of anilines is 2. The summed E-state index contributed by atoms with van der Waals surface area (Å²) in [5, 5.41) is 7.36. The molecule has 0 spiro atoms. The second-order valence-corrected chi connectivity index (χ2v) is 4.64. The van der Waals surface area contributed by atoms with Crippen LogP contribution in [-0.2, 0) is 0 Å². The third-order valence-corrected chi connectivity index (χ3v) is 3.17. The quantitative estimate of drug-likeness (QED) is 0.739. The predicted molar refractivity (Wildman–Crippen MR) is 72.0 cm³/mol. The molecule has 2 rings (SSSR count). The average molecular weight is 258 g/mol. The van der Waals surface area contributed by atoms with E-state index in [-0.39, 0.29) is 5.82 Å². The van der Waals surface area contributed by atoms with Crippen LogP contribution in [0.4, 0.5) is 11.5 Å². The number of likely N-dealkylation sites (tertiary alicyclic amines) is 1. The van der Waals surface area contributed by atoms with Crippen LogP contribution in [0.5, 0.6) is 0 Å². The van der Waals surface area contributed by atoms with Gasteiger partial charge < -0.3 is 16.4 Å². The Morgan fingerprint density at radius 2 is 1.71 bits per heavy atom. The summed E-state index contributed by atoms with van der Waals surface area (Å²) in [6.07, 6.45) is 4.28. The summed E-state index contributed by atoms with van der Waals surface area (Å²) in [4.78, 5) is 2.39. The van der Waals surface area contributed by atoms with Crippen LogP contribution in [0.1, 0.15) is 24.8 Å². The zero-order valence-electron chi connectivity index (χ0n) is 10.4. The number of nitrogens with two attached hydrogens (primary N) is 2. The summed E-state index contributed by atoms with van der Waals surface area (Å²) >= 11 is 5.58. The molecule has 0 amide bonds. The van der Waals surface area contributed by atoms with Crippen molar-refractivity contribution in [3.63, 3.8) is 0 Å². The highest BCUT2D eigenvalue weighted by molar-refractivity contribution is 6.30. The Bertz CT molecular complexity index is 336. The molecule has 6 heteroatoms. The first-order chi connectivity index (χ1) is 8.02. The number of nitrogen functional groups attached to an aromatic ring is 2.